The fraction of sp³-hybridized carbons (Fsp3) is 0.562. The lowest BCUT2D eigenvalue weighted by Gasteiger charge is -2.18. The van der Waals surface area contributed by atoms with Crippen LogP contribution in [0.4, 0.5) is 0 Å². The Bertz CT molecular complexity index is 453. The maximum Gasteiger partial charge on any atom is 0.230 e. The summed E-state index contributed by atoms with van der Waals surface area (Å²) in [6.07, 6.45) is 5.27. The number of nitrogens with two attached hydrogens (primary N) is 1. The zero-order valence-corrected chi connectivity index (χ0v) is 11.3. The first kappa shape index (κ1) is 12.7. The Morgan fingerprint density at radius 2 is 2.00 bits per heavy atom. The van der Waals surface area contributed by atoms with Crippen molar-refractivity contribution in [2.45, 2.75) is 43.6 Å². The number of nitrogens with one attached hydrogen (secondary N) is 1. The largest absolute Gasteiger partial charge is 0.355 e. The minimum Gasteiger partial charge on any atom is -0.355 e. The van der Waals surface area contributed by atoms with Gasteiger partial charge in [-0.2, -0.15) is 0 Å². The lowest BCUT2D eigenvalue weighted by Crippen LogP contribution is -2.37. The summed E-state index contributed by atoms with van der Waals surface area (Å²) in [5.74, 6) is 0.782. The lowest BCUT2D eigenvalue weighted by atomic mass is 9.94. The molecular weight excluding hydrogens is 236 g/mol. The molecule has 0 radical (unpaired) electrons. The number of rotatable bonds is 4. The molecule has 102 valence electrons. The van der Waals surface area contributed by atoms with E-state index in [4.69, 9.17) is 5.73 Å². The Labute approximate surface area is 114 Å². The molecule has 0 aliphatic heterocycles. The molecule has 0 heterocycles. The van der Waals surface area contributed by atoms with Gasteiger partial charge in [0.1, 0.15) is 0 Å². The van der Waals surface area contributed by atoms with Gasteiger partial charge in [-0.15, -0.1) is 0 Å². The van der Waals surface area contributed by atoms with Crippen molar-refractivity contribution in [2.75, 3.05) is 6.54 Å². The van der Waals surface area contributed by atoms with E-state index in [1.807, 2.05) is 18.2 Å². The standard InChI is InChI=1S/C16H22N2O/c17-14-7-6-12(10-14)11-18-15(19)16(8-9-16)13-4-2-1-3-5-13/h1-5,12,14H,6-11,17H2,(H,18,19). The molecule has 0 saturated heterocycles. The van der Waals surface area contributed by atoms with E-state index in [-0.39, 0.29) is 11.3 Å². The molecule has 3 heteroatoms. The third-order valence-electron chi connectivity index (χ3n) is 4.64. The maximum atomic E-state index is 12.4. The van der Waals surface area contributed by atoms with Gasteiger partial charge in [0.25, 0.3) is 0 Å². The van der Waals surface area contributed by atoms with E-state index in [0.29, 0.717) is 12.0 Å². The van der Waals surface area contributed by atoms with Crippen molar-refractivity contribution in [3.05, 3.63) is 35.9 Å². The monoisotopic (exact) mass is 258 g/mol. The van der Waals surface area contributed by atoms with Crippen molar-refractivity contribution in [1.82, 2.24) is 5.32 Å². The van der Waals surface area contributed by atoms with Crippen LogP contribution in [0.15, 0.2) is 30.3 Å². The van der Waals surface area contributed by atoms with Gasteiger partial charge in [-0.25, -0.2) is 0 Å². The van der Waals surface area contributed by atoms with E-state index in [0.717, 1.165) is 44.2 Å². The summed E-state index contributed by atoms with van der Waals surface area (Å²) in [4.78, 5) is 12.4. The van der Waals surface area contributed by atoms with Crippen LogP contribution in [0.1, 0.15) is 37.7 Å². The first-order valence-electron chi connectivity index (χ1n) is 7.30. The number of carbonyl (C=O) groups excluding carboxylic acids is 1. The van der Waals surface area contributed by atoms with E-state index in [9.17, 15) is 4.79 Å². The van der Waals surface area contributed by atoms with Crippen LogP contribution < -0.4 is 11.1 Å². The summed E-state index contributed by atoms with van der Waals surface area (Å²) in [7, 11) is 0. The Morgan fingerprint density at radius 1 is 1.26 bits per heavy atom. The number of amides is 1. The van der Waals surface area contributed by atoms with Gasteiger partial charge in [-0.3, -0.25) is 4.79 Å². The Balaban J connectivity index is 1.59. The Hall–Kier alpha value is -1.35. The highest BCUT2D eigenvalue weighted by molar-refractivity contribution is 5.91. The van der Waals surface area contributed by atoms with E-state index < -0.39 is 0 Å². The van der Waals surface area contributed by atoms with Crippen LogP contribution in [0.25, 0.3) is 0 Å². The molecule has 0 bridgehead atoms. The third kappa shape index (κ3) is 2.52. The molecule has 3 rings (SSSR count). The first-order chi connectivity index (χ1) is 9.21. The van der Waals surface area contributed by atoms with Gasteiger partial charge in [0.15, 0.2) is 0 Å². The number of hydrogen-bond acceptors (Lipinski definition) is 2. The van der Waals surface area contributed by atoms with Gasteiger partial charge in [0.2, 0.25) is 5.91 Å². The minimum atomic E-state index is -0.234. The van der Waals surface area contributed by atoms with E-state index in [1.54, 1.807) is 0 Å². The smallest absolute Gasteiger partial charge is 0.230 e. The van der Waals surface area contributed by atoms with Gasteiger partial charge >= 0.3 is 0 Å². The van der Waals surface area contributed by atoms with Crippen molar-refractivity contribution in [3.8, 4) is 0 Å². The van der Waals surface area contributed by atoms with Crippen molar-refractivity contribution in [1.29, 1.82) is 0 Å². The summed E-state index contributed by atoms with van der Waals surface area (Å²) < 4.78 is 0. The molecule has 2 unspecified atom stereocenters. The van der Waals surface area contributed by atoms with Crippen molar-refractivity contribution in [2.24, 2.45) is 11.7 Å². The lowest BCUT2D eigenvalue weighted by molar-refractivity contribution is -0.123. The third-order valence-corrected chi connectivity index (χ3v) is 4.64. The highest BCUT2D eigenvalue weighted by Gasteiger charge is 2.51. The number of benzene rings is 1. The summed E-state index contributed by atoms with van der Waals surface area (Å²) in [6, 6.07) is 10.5. The zero-order chi connectivity index (χ0) is 13.3. The Morgan fingerprint density at radius 3 is 2.58 bits per heavy atom. The average molecular weight is 258 g/mol. The zero-order valence-electron chi connectivity index (χ0n) is 11.3. The van der Waals surface area contributed by atoms with Gasteiger partial charge in [-0.1, -0.05) is 30.3 Å². The maximum absolute atomic E-state index is 12.4. The second kappa shape index (κ2) is 4.97. The quantitative estimate of drug-likeness (QED) is 0.867. The molecule has 3 nitrogen and oxygen atoms in total. The summed E-state index contributed by atoms with van der Waals surface area (Å²) in [5, 5.41) is 3.15. The SMILES string of the molecule is NC1CCC(CNC(=O)C2(c3ccccc3)CC2)C1. The highest BCUT2D eigenvalue weighted by Crippen LogP contribution is 2.48. The summed E-state index contributed by atoms with van der Waals surface area (Å²) >= 11 is 0. The molecular formula is C16H22N2O. The molecule has 1 aromatic rings. The van der Waals surface area contributed by atoms with E-state index in [1.165, 1.54) is 0 Å². The molecule has 1 amide bonds. The van der Waals surface area contributed by atoms with Crippen LogP contribution in [0.5, 0.6) is 0 Å². The minimum absolute atomic E-state index is 0.208. The van der Waals surface area contributed by atoms with Gasteiger partial charge in [0.05, 0.1) is 5.41 Å². The van der Waals surface area contributed by atoms with Crippen LogP contribution in [-0.4, -0.2) is 18.5 Å². The van der Waals surface area contributed by atoms with Gasteiger partial charge in [0, 0.05) is 12.6 Å². The average Bonchev–Trinajstić information content (AvgIpc) is 3.15. The van der Waals surface area contributed by atoms with Crippen LogP contribution in [0, 0.1) is 5.92 Å². The number of hydrogen-bond donors (Lipinski definition) is 2. The van der Waals surface area contributed by atoms with Crippen molar-refractivity contribution >= 4 is 5.91 Å². The summed E-state index contributed by atoms with van der Waals surface area (Å²) in [6.45, 7) is 0.793. The molecule has 0 spiro atoms. The molecule has 2 aliphatic carbocycles. The van der Waals surface area contributed by atoms with Crippen LogP contribution in [0.3, 0.4) is 0 Å². The van der Waals surface area contributed by atoms with Crippen LogP contribution in [0.2, 0.25) is 0 Å². The fourth-order valence-electron chi connectivity index (χ4n) is 3.23. The van der Waals surface area contributed by atoms with Gasteiger partial charge in [-0.05, 0) is 43.6 Å². The first-order valence-corrected chi connectivity index (χ1v) is 7.30. The van der Waals surface area contributed by atoms with E-state index >= 15 is 0 Å². The topological polar surface area (TPSA) is 55.1 Å². The van der Waals surface area contributed by atoms with Crippen LogP contribution >= 0.6 is 0 Å². The molecule has 2 aliphatic rings. The summed E-state index contributed by atoms with van der Waals surface area (Å²) in [5.41, 5.74) is 6.84. The predicted molar refractivity (Wildman–Crippen MR) is 75.7 cm³/mol. The Kier molecular flexibility index (Phi) is 3.31. The van der Waals surface area contributed by atoms with Crippen LogP contribution in [-0.2, 0) is 10.2 Å². The molecule has 2 atom stereocenters. The highest BCUT2D eigenvalue weighted by atomic mass is 16.2. The van der Waals surface area contributed by atoms with E-state index in [2.05, 4.69) is 17.4 Å². The molecule has 2 saturated carbocycles. The second-order valence-electron chi connectivity index (χ2n) is 6.10. The second-order valence-corrected chi connectivity index (χ2v) is 6.10. The van der Waals surface area contributed by atoms with Gasteiger partial charge < -0.3 is 11.1 Å². The normalized spacial score (nSPS) is 28.1. The molecule has 2 fully saturated rings. The molecule has 0 aromatic heterocycles. The number of carbonyl (C=O) groups is 1. The fourth-order valence-corrected chi connectivity index (χ4v) is 3.23. The van der Waals surface area contributed by atoms with Crippen molar-refractivity contribution in [3.63, 3.8) is 0 Å². The predicted octanol–water partition coefficient (Wildman–Crippen LogP) is 1.96. The molecule has 3 N–H and O–H groups in total. The molecule has 19 heavy (non-hydrogen) atoms. The van der Waals surface area contributed by atoms with Crippen molar-refractivity contribution < 1.29 is 4.79 Å². The molecule has 1 aromatic carbocycles.